The molecule has 0 radical (unpaired) electrons. The summed E-state index contributed by atoms with van der Waals surface area (Å²) < 4.78 is 43.2. The first kappa shape index (κ1) is 22.1. The van der Waals surface area contributed by atoms with Gasteiger partial charge in [0.1, 0.15) is 11.6 Å². The van der Waals surface area contributed by atoms with Crippen molar-refractivity contribution >= 4 is 29.9 Å². The second-order valence-corrected chi connectivity index (χ2v) is 5.30. The van der Waals surface area contributed by atoms with E-state index in [1.807, 2.05) is 37.3 Å². The highest BCUT2D eigenvalue weighted by atomic mass is 127. The van der Waals surface area contributed by atoms with Gasteiger partial charge in [-0.15, -0.1) is 24.0 Å². The van der Waals surface area contributed by atoms with Crippen molar-refractivity contribution in [1.82, 2.24) is 10.6 Å². The molecule has 2 rings (SSSR count). The van der Waals surface area contributed by atoms with Crippen LogP contribution in [-0.4, -0.2) is 19.6 Å². The maximum absolute atomic E-state index is 14.0. The summed E-state index contributed by atoms with van der Waals surface area (Å²) in [6, 6.07) is 13.5. The molecule has 0 aliphatic heterocycles. The van der Waals surface area contributed by atoms with Gasteiger partial charge >= 0.3 is 6.61 Å². The average Bonchev–Trinajstić information content (AvgIpc) is 2.60. The molecule has 2 aromatic rings. The number of guanidine groups is 1. The van der Waals surface area contributed by atoms with Crippen LogP contribution in [0.4, 0.5) is 13.2 Å². The monoisotopic (exact) mass is 479 g/mol. The molecule has 0 saturated carbocycles. The van der Waals surface area contributed by atoms with E-state index >= 15 is 0 Å². The molecule has 26 heavy (non-hydrogen) atoms. The Morgan fingerprint density at radius 1 is 1.12 bits per heavy atom. The van der Waals surface area contributed by atoms with Crippen molar-refractivity contribution in [1.29, 1.82) is 0 Å². The third kappa shape index (κ3) is 6.40. The third-order valence-electron chi connectivity index (χ3n) is 3.60. The number of benzene rings is 2. The molecule has 1 atom stereocenters. The van der Waals surface area contributed by atoms with E-state index in [1.54, 1.807) is 7.05 Å². The molecule has 142 valence electrons. The Morgan fingerprint density at radius 2 is 1.81 bits per heavy atom. The zero-order valence-electron chi connectivity index (χ0n) is 14.4. The fourth-order valence-electron chi connectivity index (χ4n) is 2.31. The van der Waals surface area contributed by atoms with Crippen molar-refractivity contribution in [2.45, 2.75) is 26.1 Å². The van der Waals surface area contributed by atoms with E-state index in [0.29, 0.717) is 5.96 Å². The number of halogens is 4. The summed E-state index contributed by atoms with van der Waals surface area (Å²) in [7, 11) is 1.57. The Labute approximate surface area is 167 Å². The van der Waals surface area contributed by atoms with Crippen LogP contribution >= 0.6 is 24.0 Å². The number of hydrogen-bond donors (Lipinski definition) is 2. The lowest BCUT2D eigenvalue weighted by Gasteiger charge is -2.19. The summed E-state index contributed by atoms with van der Waals surface area (Å²) >= 11 is 0. The van der Waals surface area contributed by atoms with Crippen molar-refractivity contribution in [2.75, 3.05) is 7.05 Å². The van der Waals surface area contributed by atoms with E-state index in [2.05, 4.69) is 20.4 Å². The maximum atomic E-state index is 14.0. The fraction of sp³-hybridized carbons (Fsp3) is 0.278. The van der Waals surface area contributed by atoms with E-state index in [1.165, 1.54) is 18.2 Å². The van der Waals surface area contributed by atoms with E-state index < -0.39 is 12.4 Å². The standard InChI is InChI=1S/C18H20F3N3O.HI/c1-12(13-7-4-3-5-8-13)24-18(22-2)23-11-14-15(19)9-6-10-16(14)25-17(20)21;/h3-10,12,17H,11H2,1-2H3,(H2,22,23,24);1H. The van der Waals surface area contributed by atoms with E-state index in [4.69, 9.17) is 0 Å². The minimum atomic E-state index is -3.02. The minimum absolute atomic E-state index is 0. The lowest BCUT2D eigenvalue weighted by Crippen LogP contribution is -2.38. The van der Waals surface area contributed by atoms with Crippen LogP contribution in [0.2, 0.25) is 0 Å². The molecule has 0 aliphatic carbocycles. The molecule has 0 spiro atoms. The fourth-order valence-corrected chi connectivity index (χ4v) is 2.31. The molecule has 0 amide bonds. The lowest BCUT2D eigenvalue weighted by atomic mass is 10.1. The van der Waals surface area contributed by atoms with E-state index in [0.717, 1.165) is 5.56 Å². The molecule has 0 fully saturated rings. The van der Waals surface area contributed by atoms with Gasteiger partial charge in [0.15, 0.2) is 5.96 Å². The van der Waals surface area contributed by atoms with Gasteiger partial charge in [-0.05, 0) is 24.6 Å². The van der Waals surface area contributed by atoms with Gasteiger partial charge in [0.05, 0.1) is 6.04 Å². The van der Waals surface area contributed by atoms with Gasteiger partial charge in [0, 0.05) is 19.2 Å². The summed E-state index contributed by atoms with van der Waals surface area (Å²) in [6.45, 7) is -1.11. The Hall–Kier alpha value is -1.97. The normalized spacial score (nSPS) is 12.3. The van der Waals surface area contributed by atoms with E-state index in [-0.39, 0.29) is 47.9 Å². The van der Waals surface area contributed by atoms with Gasteiger partial charge in [-0.1, -0.05) is 36.4 Å². The summed E-state index contributed by atoms with van der Waals surface area (Å²) in [4.78, 5) is 4.07. The predicted octanol–water partition coefficient (Wildman–Crippen LogP) is 4.47. The zero-order chi connectivity index (χ0) is 18.2. The highest BCUT2D eigenvalue weighted by molar-refractivity contribution is 14.0. The molecular formula is C18H21F3IN3O. The first-order valence-electron chi connectivity index (χ1n) is 7.75. The molecule has 8 heteroatoms. The summed E-state index contributed by atoms with van der Waals surface area (Å²) in [6.07, 6.45) is 0. The molecule has 0 aromatic heterocycles. The predicted molar refractivity (Wildman–Crippen MR) is 107 cm³/mol. The first-order chi connectivity index (χ1) is 12.0. The molecule has 0 saturated heterocycles. The molecular weight excluding hydrogens is 458 g/mol. The number of ether oxygens (including phenoxy) is 1. The van der Waals surface area contributed by atoms with Crippen molar-refractivity contribution in [3.8, 4) is 5.75 Å². The Kier molecular flexibility index (Phi) is 9.25. The third-order valence-corrected chi connectivity index (χ3v) is 3.60. The molecule has 2 N–H and O–H groups in total. The number of nitrogens with one attached hydrogen (secondary N) is 2. The maximum Gasteiger partial charge on any atom is 0.387 e. The summed E-state index contributed by atoms with van der Waals surface area (Å²) in [5, 5.41) is 6.08. The largest absolute Gasteiger partial charge is 0.434 e. The van der Waals surface area contributed by atoms with Crippen LogP contribution < -0.4 is 15.4 Å². The average molecular weight is 479 g/mol. The van der Waals surface area contributed by atoms with Crippen molar-refractivity contribution in [2.24, 2.45) is 4.99 Å². The topological polar surface area (TPSA) is 45.7 Å². The Bertz CT molecular complexity index is 714. The van der Waals surface area contributed by atoms with Crippen molar-refractivity contribution in [3.63, 3.8) is 0 Å². The molecule has 4 nitrogen and oxygen atoms in total. The van der Waals surface area contributed by atoms with Gasteiger partial charge in [-0.25, -0.2) is 4.39 Å². The van der Waals surface area contributed by atoms with Gasteiger partial charge < -0.3 is 15.4 Å². The van der Waals surface area contributed by atoms with Crippen LogP contribution in [0.15, 0.2) is 53.5 Å². The van der Waals surface area contributed by atoms with Gasteiger partial charge in [-0.2, -0.15) is 8.78 Å². The van der Waals surface area contributed by atoms with Crippen LogP contribution in [0.25, 0.3) is 0 Å². The number of hydrogen-bond acceptors (Lipinski definition) is 2. The van der Waals surface area contributed by atoms with Crippen LogP contribution in [-0.2, 0) is 6.54 Å². The summed E-state index contributed by atoms with van der Waals surface area (Å²) in [5.74, 6) is -0.408. The lowest BCUT2D eigenvalue weighted by molar-refractivity contribution is -0.0506. The van der Waals surface area contributed by atoms with Crippen LogP contribution in [0.3, 0.4) is 0 Å². The van der Waals surface area contributed by atoms with Crippen molar-refractivity contribution in [3.05, 3.63) is 65.5 Å². The van der Waals surface area contributed by atoms with Crippen LogP contribution in [0.1, 0.15) is 24.1 Å². The number of aliphatic imine (C=N–C) groups is 1. The molecule has 0 bridgehead atoms. The number of rotatable bonds is 6. The first-order valence-corrected chi connectivity index (χ1v) is 7.75. The smallest absolute Gasteiger partial charge is 0.387 e. The Balaban J connectivity index is 0.00000338. The number of alkyl halides is 2. The number of nitrogens with zero attached hydrogens (tertiary/aromatic N) is 1. The Morgan fingerprint density at radius 3 is 2.42 bits per heavy atom. The molecule has 2 aromatic carbocycles. The van der Waals surface area contributed by atoms with Crippen LogP contribution in [0.5, 0.6) is 5.75 Å². The molecule has 0 aliphatic rings. The highest BCUT2D eigenvalue weighted by Gasteiger charge is 2.15. The summed E-state index contributed by atoms with van der Waals surface area (Å²) in [5.41, 5.74) is 1.07. The van der Waals surface area contributed by atoms with Gasteiger partial charge in [0.25, 0.3) is 0 Å². The second-order valence-electron chi connectivity index (χ2n) is 5.30. The quantitative estimate of drug-likeness (QED) is 0.365. The van der Waals surface area contributed by atoms with Crippen molar-refractivity contribution < 1.29 is 17.9 Å². The van der Waals surface area contributed by atoms with Gasteiger partial charge in [-0.3, -0.25) is 4.99 Å². The highest BCUT2D eigenvalue weighted by Crippen LogP contribution is 2.23. The minimum Gasteiger partial charge on any atom is -0.434 e. The molecule has 0 heterocycles. The second kappa shape index (κ2) is 10.9. The van der Waals surface area contributed by atoms with Gasteiger partial charge in [0.2, 0.25) is 0 Å². The SMILES string of the molecule is CN=C(NCc1c(F)cccc1OC(F)F)NC(C)c1ccccc1.I. The van der Waals surface area contributed by atoms with E-state index in [9.17, 15) is 13.2 Å². The zero-order valence-corrected chi connectivity index (χ0v) is 16.7. The van der Waals surface area contributed by atoms with Crippen LogP contribution in [0, 0.1) is 5.82 Å². The molecule has 1 unspecified atom stereocenters.